The quantitative estimate of drug-likeness (QED) is 0.591. The molecule has 1 aliphatic heterocycles. The van der Waals surface area contributed by atoms with Crippen LogP contribution in [0.4, 0.5) is 4.79 Å². The van der Waals surface area contributed by atoms with Gasteiger partial charge in [0.1, 0.15) is 18.2 Å². The zero-order chi connectivity index (χ0) is 20.3. The average molecular weight is 401 g/mol. The second-order valence-corrected chi connectivity index (χ2v) is 7.07. The number of halogens is 1. The van der Waals surface area contributed by atoms with Crippen LogP contribution in [0.25, 0.3) is 0 Å². The van der Waals surface area contributed by atoms with Gasteiger partial charge < -0.3 is 10.1 Å². The number of imide groups is 1. The zero-order valence-corrected chi connectivity index (χ0v) is 16.4. The van der Waals surface area contributed by atoms with E-state index >= 15 is 0 Å². The average Bonchev–Trinajstić information content (AvgIpc) is 2.94. The first-order chi connectivity index (χ1) is 13.4. The third kappa shape index (κ3) is 3.73. The lowest BCUT2D eigenvalue weighted by Gasteiger charge is -2.25. The summed E-state index contributed by atoms with van der Waals surface area (Å²) < 4.78 is 5.39. The van der Waals surface area contributed by atoms with Gasteiger partial charge in [-0.25, -0.2) is 4.79 Å². The number of hydrogen-bond acceptors (Lipinski definition) is 4. The first-order valence-electron chi connectivity index (χ1n) is 9.02. The molecule has 0 bridgehead atoms. The van der Waals surface area contributed by atoms with E-state index in [4.69, 9.17) is 16.3 Å². The molecule has 3 amide bonds. The van der Waals surface area contributed by atoms with Crippen molar-refractivity contribution < 1.29 is 19.1 Å². The Balaban J connectivity index is 1.72. The van der Waals surface area contributed by atoms with Crippen LogP contribution in [0.2, 0.25) is 5.02 Å². The third-order valence-corrected chi connectivity index (χ3v) is 5.16. The molecule has 0 radical (unpaired) electrons. The van der Waals surface area contributed by atoms with Gasteiger partial charge >= 0.3 is 12.0 Å². The SMILES string of the molecule is CCC1(c2ccccc2)NC(=O)N(CC(=O)OC(C)c2ccc(Cl)cc2)C1=O. The maximum atomic E-state index is 13.0. The van der Waals surface area contributed by atoms with Crippen molar-refractivity contribution in [3.8, 4) is 0 Å². The second kappa shape index (κ2) is 8.02. The first kappa shape index (κ1) is 19.9. The van der Waals surface area contributed by atoms with Crippen molar-refractivity contribution in [3.63, 3.8) is 0 Å². The minimum atomic E-state index is -1.17. The van der Waals surface area contributed by atoms with Crippen LogP contribution in [0.1, 0.15) is 37.5 Å². The van der Waals surface area contributed by atoms with Crippen molar-refractivity contribution in [1.29, 1.82) is 0 Å². The largest absolute Gasteiger partial charge is 0.456 e. The van der Waals surface area contributed by atoms with Crippen LogP contribution in [0.15, 0.2) is 54.6 Å². The fourth-order valence-corrected chi connectivity index (χ4v) is 3.42. The maximum absolute atomic E-state index is 13.0. The van der Waals surface area contributed by atoms with Crippen molar-refractivity contribution in [2.45, 2.75) is 31.9 Å². The summed E-state index contributed by atoms with van der Waals surface area (Å²) in [5.41, 5.74) is 0.281. The van der Waals surface area contributed by atoms with Gasteiger partial charge in [0.2, 0.25) is 0 Å². The summed E-state index contributed by atoms with van der Waals surface area (Å²) in [6.45, 7) is 3.08. The van der Waals surface area contributed by atoms with Gasteiger partial charge in [0.05, 0.1) is 0 Å². The number of esters is 1. The molecule has 2 unspecified atom stereocenters. The number of nitrogens with one attached hydrogen (secondary N) is 1. The number of urea groups is 1. The second-order valence-electron chi connectivity index (χ2n) is 6.63. The van der Waals surface area contributed by atoms with Crippen LogP contribution >= 0.6 is 11.6 Å². The molecule has 1 heterocycles. The molecular weight excluding hydrogens is 380 g/mol. The van der Waals surface area contributed by atoms with E-state index in [0.29, 0.717) is 17.0 Å². The summed E-state index contributed by atoms with van der Waals surface area (Å²) >= 11 is 5.86. The molecular formula is C21H21ClN2O4. The monoisotopic (exact) mass is 400 g/mol. The maximum Gasteiger partial charge on any atom is 0.326 e. The number of nitrogens with zero attached hydrogens (tertiary/aromatic N) is 1. The van der Waals surface area contributed by atoms with Crippen molar-refractivity contribution in [2.75, 3.05) is 6.54 Å². The van der Waals surface area contributed by atoms with Crippen molar-refractivity contribution in [1.82, 2.24) is 10.2 Å². The fraction of sp³-hybridized carbons (Fsp3) is 0.286. The predicted molar refractivity (Wildman–Crippen MR) is 105 cm³/mol. The summed E-state index contributed by atoms with van der Waals surface area (Å²) in [4.78, 5) is 38.7. The predicted octanol–water partition coefficient (Wildman–Crippen LogP) is 3.80. The third-order valence-electron chi connectivity index (χ3n) is 4.91. The molecule has 3 rings (SSSR count). The Labute approximate surface area is 168 Å². The van der Waals surface area contributed by atoms with Gasteiger partial charge in [0.15, 0.2) is 0 Å². The van der Waals surface area contributed by atoms with Crippen molar-refractivity contribution in [2.24, 2.45) is 0 Å². The van der Waals surface area contributed by atoms with E-state index in [1.807, 2.05) is 13.0 Å². The highest BCUT2D eigenvalue weighted by Gasteiger charge is 2.51. The number of amides is 3. The van der Waals surface area contributed by atoms with Gasteiger partial charge in [-0.15, -0.1) is 0 Å². The number of carbonyl (C=O) groups is 3. The highest BCUT2D eigenvalue weighted by Crippen LogP contribution is 2.32. The molecule has 1 saturated heterocycles. The lowest BCUT2D eigenvalue weighted by atomic mass is 9.87. The van der Waals surface area contributed by atoms with Gasteiger partial charge in [-0.2, -0.15) is 0 Å². The minimum Gasteiger partial charge on any atom is -0.456 e. The molecule has 7 heteroatoms. The van der Waals surface area contributed by atoms with E-state index < -0.39 is 36.1 Å². The van der Waals surface area contributed by atoms with E-state index in [1.165, 1.54) is 0 Å². The zero-order valence-electron chi connectivity index (χ0n) is 15.6. The van der Waals surface area contributed by atoms with Crippen LogP contribution < -0.4 is 5.32 Å². The summed E-state index contributed by atoms with van der Waals surface area (Å²) in [5.74, 6) is -1.12. The van der Waals surface area contributed by atoms with E-state index in [-0.39, 0.29) is 0 Å². The van der Waals surface area contributed by atoms with E-state index in [2.05, 4.69) is 5.32 Å². The number of carbonyl (C=O) groups excluding carboxylic acids is 3. The van der Waals surface area contributed by atoms with Crippen molar-refractivity contribution >= 4 is 29.5 Å². The Morgan fingerprint density at radius 2 is 1.79 bits per heavy atom. The molecule has 1 fully saturated rings. The van der Waals surface area contributed by atoms with Crippen molar-refractivity contribution in [3.05, 3.63) is 70.7 Å². The highest BCUT2D eigenvalue weighted by atomic mass is 35.5. The standard InChI is InChI=1S/C21H21ClN2O4/c1-3-21(16-7-5-4-6-8-16)19(26)24(20(27)23-21)13-18(25)28-14(2)15-9-11-17(22)12-10-15/h4-12,14H,3,13H2,1-2H3,(H,23,27). The van der Waals surface area contributed by atoms with Crippen LogP contribution in [0, 0.1) is 0 Å². The molecule has 28 heavy (non-hydrogen) atoms. The number of hydrogen-bond donors (Lipinski definition) is 1. The molecule has 6 nitrogen and oxygen atoms in total. The Bertz CT molecular complexity index is 885. The van der Waals surface area contributed by atoms with Crippen LogP contribution in [0.5, 0.6) is 0 Å². The molecule has 0 spiro atoms. The molecule has 0 aliphatic carbocycles. The van der Waals surface area contributed by atoms with Crippen LogP contribution in [0.3, 0.4) is 0 Å². The Morgan fingerprint density at radius 1 is 1.14 bits per heavy atom. The summed E-state index contributed by atoms with van der Waals surface area (Å²) in [5, 5.41) is 3.33. The van der Waals surface area contributed by atoms with E-state index in [0.717, 1.165) is 10.5 Å². The van der Waals surface area contributed by atoms with Gasteiger partial charge in [-0.1, -0.05) is 61.0 Å². The van der Waals surface area contributed by atoms with Gasteiger partial charge in [0, 0.05) is 5.02 Å². The molecule has 0 aromatic heterocycles. The molecule has 146 valence electrons. The van der Waals surface area contributed by atoms with Gasteiger partial charge in [0.25, 0.3) is 5.91 Å². The van der Waals surface area contributed by atoms with Crippen LogP contribution in [-0.2, 0) is 19.9 Å². The topological polar surface area (TPSA) is 75.7 Å². The van der Waals surface area contributed by atoms with Gasteiger partial charge in [-0.3, -0.25) is 14.5 Å². The first-order valence-corrected chi connectivity index (χ1v) is 9.39. The molecule has 1 N–H and O–H groups in total. The molecule has 1 aliphatic rings. The minimum absolute atomic E-state index is 0.369. The lowest BCUT2D eigenvalue weighted by Crippen LogP contribution is -2.44. The normalized spacial score (nSPS) is 20.0. The molecule has 0 saturated carbocycles. The van der Waals surface area contributed by atoms with E-state index in [1.54, 1.807) is 55.5 Å². The highest BCUT2D eigenvalue weighted by molar-refractivity contribution is 6.30. The summed E-state index contributed by atoms with van der Waals surface area (Å²) in [7, 11) is 0. The lowest BCUT2D eigenvalue weighted by molar-refractivity contribution is -0.152. The Kier molecular flexibility index (Phi) is 5.70. The van der Waals surface area contributed by atoms with Gasteiger partial charge in [-0.05, 0) is 36.6 Å². The molecule has 2 atom stereocenters. The Hall–Kier alpha value is -2.86. The number of benzene rings is 2. The number of rotatable bonds is 6. The van der Waals surface area contributed by atoms with Crippen LogP contribution in [-0.4, -0.2) is 29.4 Å². The summed E-state index contributed by atoms with van der Waals surface area (Å²) in [6.07, 6.45) is -0.163. The smallest absolute Gasteiger partial charge is 0.326 e. The fourth-order valence-electron chi connectivity index (χ4n) is 3.30. The molecule has 2 aromatic carbocycles. The summed E-state index contributed by atoms with van der Waals surface area (Å²) in [6, 6.07) is 15.3. The number of ether oxygens (including phenoxy) is 1. The Morgan fingerprint density at radius 3 is 2.39 bits per heavy atom. The molecule has 2 aromatic rings. The van der Waals surface area contributed by atoms with E-state index in [9.17, 15) is 14.4 Å².